The SMILES string of the molecule is CC(C)c1nc(C2CC3CCC(C2)N3C)nc(Cl)c1Br. The Morgan fingerprint density at radius 1 is 1.20 bits per heavy atom. The second-order valence-electron chi connectivity index (χ2n) is 6.45. The van der Waals surface area contributed by atoms with Crippen molar-refractivity contribution in [3.05, 3.63) is 21.1 Å². The van der Waals surface area contributed by atoms with Gasteiger partial charge in [-0.1, -0.05) is 25.4 Å². The Kier molecular flexibility index (Phi) is 4.08. The Balaban J connectivity index is 1.91. The minimum absolute atomic E-state index is 0.353. The van der Waals surface area contributed by atoms with Crippen molar-refractivity contribution in [1.29, 1.82) is 0 Å². The van der Waals surface area contributed by atoms with Gasteiger partial charge in [-0.3, -0.25) is 0 Å². The molecule has 3 rings (SSSR count). The Bertz CT molecular complexity index is 506. The molecule has 0 aliphatic carbocycles. The van der Waals surface area contributed by atoms with Crippen LogP contribution in [0.4, 0.5) is 0 Å². The molecule has 0 aromatic carbocycles. The van der Waals surface area contributed by atoms with Crippen LogP contribution in [0.15, 0.2) is 4.47 Å². The zero-order valence-electron chi connectivity index (χ0n) is 12.2. The van der Waals surface area contributed by atoms with Crippen LogP contribution in [0, 0.1) is 0 Å². The highest BCUT2D eigenvalue weighted by molar-refractivity contribution is 9.10. The molecule has 2 atom stereocenters. The van der Waals surface area contributed by atoms with Gasteiger partial charge in [0.1, 0.15) is 11.0 Å². The van der Waals surface area contributed by atoms with Crippen molar-refractivity contribution < 1.29 is 0 Å². The molecule has 0 amide bonds. The lowest BCUT2D eigenvalue weighted by atomic mass is 9.90. The molecule has 5 heteroatoms. The molecule has 0 N–H and O–H groups in total. The van der Waals surface area contributed by atoms with E-state index in [1.807, 2.05) is 0 Å². The van der Waals surface area contributed by atoms with E-state index >= 15 is 0 Å². The molecule has 3 heterocycles. The molecular weight excluding hydrogens is 338 g/mol. The maximum atomic E-state index is 6.29. The van der Waals surface area contributed by atoms with Gasteiger partial charge in [0.15, 0.2) is 0 Å². The highest BCUT2D eigenvalue weighted by atomic mass is 79.9. The molecule has 0 radical (unpaired) electrons. The fourth-order valence-corrected chi connectivity index (χ4v) is 4.46. The minimum Gasteiger partial charge on any atom is -0.300 e. The second kappa shape index (κ2) is 5.54. The van der Waals surface area contributed by atoms with E-state index in [1.54, 1.807) is 0 Å². The molecule has 20 heavy (non-hydrogen) atoms. The van der Waals surface area contributed by atoms with Gasteiger partial charge in [0.05, 0.1) is 10.2 Å². The van der Waals surface area contributed by atoms with Gasteiger partial charge < -0.3 is 4.90 Å². The molecule has 1 aromatic rings. The van der Waals surface area contributed by atoms with Gasteiger partial charge in [-0.05, 0) is 54.6 Å². The van der Waals surface area contributed by atoms with E-state index in [4.69, 9.17) is 16.6 Å². The molecule has 0 spiro atoms. The van der Waals surface area contributed by atoms with Crippen molar-refractivity contribution in [3.8, 4) is 0 Å². The number of piperidine rings is 1. The fraction of sp³-hybridized carbons (Fsp3) is 0.733. The van der Waals surface area contributed by atoms with Gasteiger partial charge in [0.25, 0.3) is 0 Å². The first kappa shape index (κ1) is 14.7. The average molecular weight is 359 g/mol. The largest absolute Gasteiger partial charge is 0.300 e. The molecule has 2 unspecified atom stereocenters. The van der Waals surface area contributed by atoms with E-state index in [0.717, 1.165) is 16.0 Å². The summed E-state index contributed by atoms with van der Waals surface area (Å²) in [6.07, 6.45) is 4.98. The molecule has 2 fully saturated rings. The number of rotatable bonds is 2. The van der Waals surface area contributed by atoms with E-state index < -0.39 is 0 Å². The standard InChI is InChI=1S/C15H21BrClN3/c1-8(2)13-12(16)14(17)19-15(18-13)9-6-10-4-5-11(7-9)20(10)3/h8-11H,4-7H2,1-3H3. The van der Waals surface area contributed by atoms with Crippen LogP contribution in [0.3, 0.4) is 0 Å². The van der Waals surface area contributed by atoms with Crippen LogP contribution in [-0.2, 0) is 0 Å². The fourth-order valence-electron chi connectivity index (χ4n) is 3.64. The van der Waals surface area contributed by atoms with Crippen molar-refractivity contribution in [1.82, 2.24) is 14.9 Å². The Morgan fingerprint density at radius 3 is 2.35 bits per heavy atom. The quantitative estimate of drug-likeness (QED) is 0.736. The maximum Gasteiger partial charge on any atom is 0.147 e. The zero-order valence-corrected chi connectivity index (χ0v) is 14.6. The number of nitrogens with zero attached hydrogens (tertiary/aromatic N) is 3. The van der Waals surface area contributed by atoms with Crippen LogP contribution >= 0.6 is 27.5 Å². The molecule has 0 saturated carbocycles. The smallest absolute Gasteiger partial charge is 0.147 e. The Morgan fingerprint density at radius 2 is 1.80 bits per heavy atom. The molecule has 2 bridgehead atoms. The van der Waals surface area contributed by atoms with Crippen LogP contribution in [0.2, 0.25) is 5.15 Å². The normalized spacial score (nSPS) is 30.2. The molecule has 1 aromatic heterocycles. The van der Waals surface area contributed by atoms with Crippen molar-refractivity contribution in [2.75, 3.05) is 7.05 Å². The van der Waals surface area contributed by atoms with Crippen molar-refractivity contribution in [3.63, 3.8) is 0 Å². The van der Waals surface area contributed by atoms with Gasteiger partial charge in [0, 0.05) is 18.0 Å². The summed E-state index contributed by atoms with van der Waals surface area (Å²) in [5.41, 5.74) is 1.03. The van der Waals surface area contributed by atoms with Gasteiger partial charge >= 0.3 is 0 Å². The predicted molar refractivity (Wildman–Crippen MR) is 85.4 cm³/mol. The van der Waals surface area contributed by atoms with Crippen molar-refractivity contribution in [2.45, 2.75) is 63.5 Å². The number of halogens is 2. The highest BCUT2D eigenvalue weighted by Crippen LogP contribution is 2.42. The third-order valence-electron chi connectivity index (χ3n) is 4.86. The molecule has 110 valence electrons. The Labute approximate surface area is 134 Å². The topological polar surface area (TPSA) is 29.0 Å². The third-order valence-corrected chi connectivity index (χ3v) is 6.15. The van der Waals surface area contributed by atoms with Gasteiger partial charge in [0.2, 0.25) is 0 Å². The van der Waals surface area contributed by atoms with E-state index in [-0.39, 0.29) is 0 Å². The predicted octanol–water partition coefficient (Wildman–Crippen LogP) is 4.36. The summed E-state index contributed by atoms with van der Waals surface area (Å²) in [5, 5.41) is 0.560. The summed E-state index contributed by atoms with van der Waals surface area (Å²) in [7, 11) is 2.26. The summed E-state index contributed by atoms with van der Waals surface area (Å²) in [6, 6.07) is 1.40. The zero-order chi connectivity index (χ0) is 14.4. The number of hydrogen-bond acceptors (Lipinski definition) is 3. The summed E-state index contributed by atoms with van der Waals surface area (Å²) in [6.45, 7) is 4.29. The van der Waals surface area contributed by atoms with Crippen LogP contribution < -0.4 is 0 Å². The van der Waals surface area contributed by atoms with Crippen LogP contribution in [0.1, 0.15) is 62.9 Å². The number of fused-ring (bicyclic) bond motifs is 2. The Hall–Kier alpha value is -0.190. The molecule has 2 saturated heterocycles. The molecule has 3 nitrogen and oxygen atoms in total. The second-order valence-corrected chi connectivity index (χ2v) is 7.60. The van der Waals surface area contributed by atoms with E-state index in [9.17, 15) is 0 Å². The molecular formula is C15H21BrClN3. The lowest BCUT2D eigenvalue weighted by Gasteiger charge is -2.35. The minimum atomic E-state index is 0.353. The molecule has 2 aliphatic heterocycles. The lowest BCUT2D eigenvalue weighted by Crippen LogP contribution is -2.39. The first-order chi connectivity index (χ1) is 9.47. The van der Waals surface area contributed by atoms with E-state index in [0.29, 0.717) is 29.1 Å². The van der Waals surface area contributed by atoms with Crippen LogP contribution in [0.5, 0.6) is 0 Å². The summed E-state index contributed by atoms with van der Waals surface area (Å²) < 4.78 is 0.855. The van der Waals surface area contributed by atoms with Gasteiger partial charge in [-0.2, -0.15) is 0 Å². The summed E-state index contributed by atoms with van der Waals surface area (Å²) >= 11 is 9.81. The van der Waals surface area contributed by atoms with E-state index in [2.05, 4.69) is 46.7 Å². The van der Waals surface area contributed by atoms with Crippen molar-refractivity contribution in [2.24, 2.45) is 0 Å². The molecule has 2 aliphatic rings. The number of hydrogen-bond donors (Lipinski definition) is 0. The van der Waals surface area contributed by atoms with Crippen LogP contribution in [0.25, 0.3) is 0 Å². The van der Waals surface area contributed by atoms with Gasteiger partial charge in [-0.15, -0.1) is 0 Å². The first-order valence-corrected chi connectivity index (χ1v) is 8.59. The highest BCUT2D eigenvalue weighted by Gasteiger charge is 2.40. The third kappa shape index (κ3) is 2.51. The van der Waals surface area contributed by atoms with Crippen LogP contribution in [-0.4, -0.2) is 34.0 Å². The monoisotopic (exact) mass is 357 g/mol. The van der Waals surface area contributed by atoms with Crippen molar-refractivity contribution >= 4 is 27.5 Å². The summed E-state index contributed by atoms with van der Waals surface area (Å²) in [4.78, 5) is 11.9. The van der Waals surface area contributed by atoms with Gasteiger partial charge in [-0.25, -0.2) is 9.97 Å². The first-order valence-electron chi connectivity index (χ1n) is 7.42. The summed E-state index contributed by atoms with van der Waals surface area (Å²) in [5.74, 6) is 1.77. The van der Waals surface area contributed by atoms with E-state index in [1.165, 1.54) is 25.7 Å². The lowest BCUT2D eigenvalue weighted by molar-refractivity contribution is 0.158. The average Bonchev–Trinajstić information content (AvgIpc) is 2.64. The number of aromatic nitrogens is 2. The maximum absolute atomic E-state index is 6.29.